The quantitative estimate of drug-likeness (QED) is 0.651. The molecule has 108 valence electrons. The SMILES string of the molecule is CC(C)(CBr)OCCC(C)(C)OCc1ccccc1. The molecule has 1 rings (SSSR count). The van der Waals surface area contributed by atoms with E-state index in [0.717, 1.165) is 11.8 Å². The highest BCUT2D eigenvalue weighted by molar-refractivity contribution is 9.09. The highest BCUT2D eigenvalue weighted by atomic mass is 79.9. The van der Waals surface area contributed by atoms with E-state index in [-0.39, 0.29) is 11.2 Å². The lowest BCUT2D eigenvalue weighted by Crippen LogP contribution is -2.31. The Morgan fingerprint density at radius 2 is 1.58 bits per heavy atom. The zero-order chi connectivity index (χ0) is 14.4. The molecule has 0 spiro atoms. The van der Waals surface area contributed by atoms with E-state index in [9.17, 15) is 0 Å². The van der Waals surface area contributed by atoms with E-state index in [1.807, 2.05) is 18.2 Å². The Labute approximate surface area is 125 Å². The van der Waals surface area contributed by atoms with E-state index in [1.54, 1.807) is 0 Å². The van der Waals surface area contributed by atoms with E-state index in [0.29, 0.717) is 13.2 Å². The van der Waals surface area contributed by atoms with Crippen LogP contribution in [0, 0.1) is 0 Å². The summed E-state index contributed by atoms with van der Waals surface area (Å²) in [6.07, 6.45) is 0.885. The molecule has 0 aliphatic rings. The largest absolute Gasteiger partial charge is 0.375 e. The number of hydrogen-bond acceptors (Lipinski definition) is 2. The van der Waals surface area contributed by atoms with Crippen molar-refractivity contribution in [3.05, 3.63) is 35.9 Å². The standard InChI is InChI=1S/C16H25BrO2/c1-15(2,10-11-18-16(3,4)13-17)19-12-14-8-6-5-7-9-14/h5-9H,10-13H2,1-4H3. The summed E-state index contributed by atoms with van der Waals surface area (Å²) in [6.45, 7) is 9.75. The monoisotopic (exact) mass is 328 g/mol. The van der Waals surface area contributed by atoms with Crippen LogP contribution in [0.5, 0.6) is 0 Å². The van der Waals surface area contributed by atoms with Crippen molar-refractivity contribution in [1.29, 1.82) is 0 Å². The molecule has 0 fully saturated rings. The predicted octanol–water partition coefficient (Wildman–Crippen LogP) is 4.56. The first-order valence-electron chi connectivity index (χ1n) is 6.72. The summed E-state index contributed by atoms with van der Waals surface area (Å²) in [5.74, 6) is 0. The van der Waals surface area contributed by atoms with E-state index < -0.39 is 0 Å². The minimum atomic E-state index is -0.168. The Hall–Kier alpha value is -0.380. The first-order chi connectivity index (χ1) is 8.85. The second kappa shape index (κ2) is 7.41. The fourth-order valence-electron chi connectivity index (χ4n) is 1.54. The van der Waals surface area contributed by atoms with Crippen LogP contribution in [-0.4, -0.2) is 23.1 Å². The maximum absolute atomic E-state index is 5.97. The molecule has 0 N–H and O–H groups in total. The summed E-state index contributed by atoms with van der Waals surface area (Å²) in [5, 5.41) is 0.839. The van der Waals surface area contributed by atoms with Crippen molar-refractivity contribution < 1.29 is 9.47 Å². The van der Waals surface area contributed by atoms with Crippen LogP contribution in [0.2, 0.25) is 0 Å². The van der Waals surface area contributed by atoms with Gasteiger partial charge in [-0.1, -0.05) is 46.3 Å². The fraction of sp³-hybridized carbons (Fsp3) is 0.625. The van der Waals surface area contributed by atoms with Crippen LogP contribution in [0.1, 0.15) is 39.7 Å². The van der Waals surface area contributed by atoms with Crippen molar-refractivity contribution in [2.45, 2.75) is 51.9 Å². The molecule has 0 unspecified atom stereocenters. The van der Waals surface area contributed by atoms with Gasteiger partial charge in [-0.15, -0.1) is 0 Å². The molecule has 0 saturated heterocycles. The number of halogens is 1. The summed E-state index contributed by atoms with van der Waals surface area (Å²) in [5.41, 5.74) is 0.922. The predicted molar refractivity (Wildman–Crippen MR) is 83.8 cm³/mol. The van der Waals surface area contributed by atoms with Gasteiger partial charge in [0.25, 0.3) is 0 Å². The van der Waals surface area contributed by atoms with Crippen LogP contribution in [0.15, 0.2) is 30.3 Å². The Morgan fingerprint density at radius 1 is 0.947 bits per heavy atom. The highest BCUT2D eigenvalue weighted by Crippen LogP contribution is 2.20. The van der Waals surface area contributed by atoms with E-state index >= 15 is 0 Å². The average Bonchev–Trinajstić information content (AvgIpc) is 2.37. The lowest BCUT2D eigenvalue weighted by atomic mass is 10.1. The van der Waals surface area contributed by atoms with Crippen molar-refractivity contribution in [1.82, 2.24) is 0 Å². The molecule has 0 amide bonds. The van der Waals surface area contributed by atoms with Crippen LogP contribution < -0.4 is 0 Å². The van der Waals surface area contributed by atoms with Gasteiger partial charge in [0.15, 0.2) is 0 Å². The Balaban J connectivity index is 2.32. The third-order valence-electron chi connectivity index (χ3n) is 2.99. The Morgan fingerprint density at radius 3 is 2.16 bits per heavy atom. The van der Waals surface area contributed by atoms with Crippen LogP contribution in [0.4, 0.5) is 0 Å². The molecule has 0 aliphatic heterocycles. The molecule has 0 saturated carbocycles. The minimum absolute atomic E-state index is 0.116. The third-order valence-corrected chi connectivity index (χ3v) is 4.34. The lowest BCUT2D eigenvalue weighted by Gasteiger charge is -2.28. The second-order valence-electron chi connectivity index (χ2n) is 6.03. The van der Waals surface area contributed by atoms with Crippen LogP contribution in [-0.2, 0) is 16.1 Å². The van der Waals surface area contributed by atoms with Crippen molar-refractivity contribution in [2.75, 3.05) is 11.9 Å². The van der Waals surface area contributed by atoms with Crippen LogP contribution in [0.3, 0.4) is 0 Å². The first kappa shape index (κ1) is 16.7. The molecule has 0 heterocycles. The summed E-state index contributed by atoms with van der Waals surface area (Å²) < 4.78 is 11.8. The number of alkyl halides is 1. The molecule has 0 aromatic heterocycles. The van der Waals surface area contributed by atoms with Gasteiger partial charge in [0.1, 0.15) is 0 Å². The molecule has 19 heavy (non-hydrogen) atoms. The Bertz CT molecular complexity index is 360. The number of hydrogen-bond donors (Lipinski definition) is 0. The molecular formula is C16H25BrO2. The number of ether oxygens (including phenoxy) is 2. The molecule has 1 aromatic carbocycles. The van der Waals surface area contributed by atoms with Gasteiger partial charge in [-0.05, 0) is 39.7 Å². The molecule has 3 heteroatoms. The summed E-state index contributed by atoms with van der Waals surface area (Å²) >= 11 is 3.46. The van der Waals surface area contributed by atoms with Gasteiger partial charge in [-0.2, -0.15) is 0 Å². The van der Waals surface area contributed by atoms with Crippen molar-refractivity contribution in [3.8, 4) is 0 Å². The lowest BCUT2D eigenvalue weighted by molar-refractivity contribution is -0.0716. The topological polar surface area (TPSA) is 18.5 Å². The van der Waals surface area contributed by atoms with Gasteiger partial charge in [0, 0.05) is 5.33 Å². The van der Waals surface area contributed by atoms with Gasteiger partial charge in [0.2, 0.25) is 0 Å². The highest BCUT2D eigenvalue weighted by Gasteiger charge is 2.21. The molecule has 0 atom stereocenters. The van der Waals surface area contributed by atoms with Gasteiger partial charge in [-0.25, -0.2) is 0 Å². The first-order valence-corrected chi connectivity index (χ1v) is 7.85. The normalized spacial score (nSPS) is 12.7. The van der Waals surface area contributed by atoms with E-state index in [4.69, 9.17) is 9.47 Å². The average molecular weight is 329 g/mol. The molecule has 2 nitrogen and oxygen atoms in total. The summed E-state index contributed by atoms with van der Waals surface area (Å²) in [4.78, 5) is 0. The van der Waals surface area contributed by atoms with Gasteiger partial charge in [0.05, 0.1) is 24.4 Å². The molecule has 0 bridgehead atoms. The van der Waals surface area contributed by atoms with Crippen LogP contribution in [0.25, 0.3) is 0 Å². The second-order valence-corrected chi connectivity index (χ2v) is 6.59. The third kappa shape index (κ3) is 7.09. The zero-order valence-electron chi connectivity index (χ0n) is 12.4. The maximum atomic E-state index is 5.97. The smallest absolute Gasteiger partial charge is 0.0724 e. The Kier molecular flexibility index (Phi) is 6.51. The molecule has 0 aliphatic carbocycles. The molecule has 1 aromatic rings. The summed E-state index contributed by atoms with van der Waals surface area (Å²) in [7, 11) is 0. The zero-order valence-corrected chi connectivity index (χ0v) is 14.0. The minimum Gasteiger partial charge on any atom is -0.375 e. The van der Waals surface area contributed by atoms with E-state index in [2.05, 4.69) is 55.8 Å². The van der Waals surface area contributed by atoms with Crippen molar-refractivity contribution >= 4 is 15.9 Å². The fourth-order valence-corrected chi connectivity index (χ4v) is 1.70. The molecular weight excluding hydrogens is 304 g/mol. The maximum Gasteiger partial charge on any atom is 0.0724 e. The van der Waals surface area contributed by atoms with Gasteiger partial charge >= 0.3 is 0 Å². The van der Waals surface area contributed by atoms with Crippen molar-refractivity contribution in [3.63, 3.8) is 0 Å². The molecule has 0 radical (unpaired) electrons. The summed E-state index contributed by atoms with van der Waals surface area (Å²) in [6, 6.07) is 10.3. The number of rotatable bonds is 8. The van der Waals surface area contributed by atoms with Gasteiger partial charge in [-0.3, -0.25) is 0 Å². The van der Waals surface area contributed by atoms with E-state index in [1.165, 1.54) is 5.56 Å². The van der Waals surface area contributed by atoms with Gasteiger partial charge < -0.3 is 9.47 Å². The van der Waals surface area contributed by atoms with Crippen molar-refractivity contribution in [2.24, 2.45) is 0 Å². The number of benzene rings is 1. The van der Waals surface area contributed by atoms with Crippen LogP contribution >= 0.6 is 15.9 Å².